The van der Waals surface area contributed by atoms with Crippen molar-refractivity contribution in [3.05, 3.63) is 52.1 Å². The van der Waals surface area contributed by atoms with Crippen molar-refractivity contribution in [2.75, 3.05) is 31.1 Å². The molecule has 0 radical (unpaired) electrons. The van der Waals surface area contributed by atoms with E-state index < -0.39 is 11.4 Å². The molecule has 36 heavy (non-hydrogen) atoms. The molecule has 3 aliphatic heterocycles. The summed E-state index contributed by atoms with van der Waals surface area (Å²) >= 11 is 6.79. The van der Waals surface area contributed by atoms with Crippen LogP contribution in [-0.2, 0) is 19.1 Å². The number of hydrogen-bond donors (Lipinski definition) is 2. The molecule has 1 amide bonds. The van der Waals surface area contributed by atoms with E-state index in [2.05, 4.69) is 10.4 Å². The van der Waals surface area contributed by atoms with Crippen molar-refractivity contribution in [1.82, 2.24) is 25.0 Å². The van der Waals surface area contributed by atoms with Crippen LogP contribution < -0.4 is 15.0 Å². The highest BCUT2D eigenvalue weighted by molar-refractivity contribution is 6.35. The van der Waals surface area contributed by atoms with Crippen LogP contribution in [-0.4, -0.2) is 63.0 Å². The molecule has 2 N–H and O–H groups in total. The molecule has 0 spiro atoms. The third-order valence-electron chi connectivity index (χ3n) is 7.29. The molecule has 9 nitrogen and oxygen atoms in total. The molecule has 1 atom stereocenters. The second kappa shape index (κ2) is 8.07. The van der Waals surface area contributed by atoms with E-state index in [1.165, 1.54) is 18.2 Å². The Morgan fingerprint density at radius 3 is 2.86 bits per heavy atom. The number of aryl methyl sites for hydroxylation is 1. The lowest BCUT2D eigenvalue weighted by Crippen LogP contribution is -2.55. The van der Waals surface area contributed by atoms with Gasteiger partial charge in [-0.25, -0.2) is 9.37 Å². The molecule has 2 aromatic heterocycles. The lowest BCUT2D eigenvalue weighted by Gasteiger charge is -2.36. The first-order valence-electron chi connectivity index (χ1n) is 11.8. The molecule has 1 saturated heterocycles. The first kappa shape index (κ1) is 23.1. The molecule has 6 rings (SSSR count). The van der Waals surface area contributed by atoms with Crippen molar-refractivity contribution >= 4 is 23.3 Å². The maximum absolute atomic E-state index is 15.0. The van der Waals surface area contributed by atoms with Gasteiger partial charge in [0.05, 0.1) is 22.8 Å². The summed E-state index contributed by atoms with van der Waals surface area (Å²) in [6.07, 6.45) is 1.94. The second-order valence-corrected chi connectivity index (χ2v) is 10.3. The topological polar surface area (TPSA) is 95.8 Å². The highest BCUT2D eigenvalue weighted by Gasteiger charge is 2.46. The number of anilines is 1. The molecule has 1 aromatic carbocycles. The molecule has 1 fully saturated rings. The number of ether oxygens (including phenoxy) is 1. The maximum atomic E-state index is 15.0. The Balaban J connectivity index is 1.61. The van der Waals surface area contributed by atoms with Crippen molar-refractivity contribution < 1.29 is 19.0 Å². The summed E-state index contributed by atoms with van der Waals surface area (Å²) in [4.78, 5) is 22.6. The number of amides is 1. The molecule has 3 aliphatic rings. The van der Waals surface area contributed by atoms with Crippen LogP contribution in [0.4, 0.5) is 10.2 Å². The van der Waals surface area contributed by atoms with E-state index in [9.17, 15) is 9.90 Å². The Hall–Kier alpha value is -3.37. The number of nitrogens with zero attached hydrogens (tertiary/aromatic N) is 5. The summed E-state index contributed by atoms with van der Waals surface area (Å²) in [5, 5.41) is 18.5. The number of piperazine rings is 1. The largest absolute Gasteiger partial charge is 0.507 e. The number of fused-ring (bicyclic) bond motifs is 3. The summed E-state index contributed by atoms with van der Waals surface area (Å²) in [7, 11) is 1.87. The van der Waals surface area contributed by atoms with Gasteiger partial charge in [-0.3, -0.25) is 9.48 Å². The second-order valence-electron chi connectivity index (χ2n) is 9.93. The molecular weight excluding hydrogens is 487 g/mol. The first-order chi connectivity index (χ1) is 17.2. The number of aromatic hydroxyl groups is 1. The standard InChI is InChI=1S/C25H26ClFN6O3/c1-25(2)22-13(10-31(3)30-22)11-33(25)23-18-21(36-12-14-9-28-7-8-32(14)24(18)35)19(26)20(29-23)17-15(27)5-4-6-16(17)34/h4-6,10,14,28,34H,7-9,11-12H2,1-3H3/t14-/m1/s1. The Morgan fingerprint density at radius 1 is 1.31 bits per heavy atom. The van der Waals surface area contributed by atoms with Gasteiger partial charge >= 0.3 is 0 Å². The van der Waals surface area contributed by atoms with Gasteiger partial charge in [-0.1, -0.05) is 17.7 Å². The number of carbonyl (C=O) groups is 1. The number of nitrogens with one attached hydrogen (secondary N) is 1. The van der Waals surface area contributed by atoms with Crippen LogP contribution in [0.5, 0.6) is 11.5 Å². The fourth-order valence-electron chi connectivity index (χ4n) is 5.47. The predicted octanol–water partition coefficient (Wildman–Crippen LogP) is 3.04. The van der Waals surface area contributed by atoms with E-state index in [0.717, 1.165) is 11.3 Å². The average molecular weight is 513 g/mol. The number of benzene rings is 1. The highest BCUT2D eigenvalue weighted by Crippen LogP contribution is 2.49. The van der Waals surface area contributed by atoms with Gasteiger partial charge in [0.25, 0.3) is 5.91 Å². The molecule has 3 aromatic rings. The minimum atomic E-state index is -0.678. The first-order valence-corrected chi connectivity index (χ1v) is 12.2. The van der Waals surface area contributed by atoms with E-state index in [0.29, 0.717) is 32.0 Å². The van der Waals surface area contributed by atoms with E-state index in [1.54, 1.807) is 9.58 Å². The molecule has 11 heteroatoms. The third-order valence-corrected chi connectivity index (χ3v) is 7.64. The van der Waals surface area contributed by atoms with Crippen LogP contribution in [0.25, 0.3) is 11.3 Å². The van der Waals surface area contributed by atoms with Gasteiger partial charge < -0.3 is 25.0 Å². The van der Waals surface area contributed by atoms with Gasteiger partial charge in [0.2, 0.25) is 0 Å². The molecule has 0 saturated carbocycles. The van der Waals surface area contributed by atoms with E-state index >= 15 is 4.39 Å². The Morgan fingerprint density at radius 2 is 2.11 bits per heavy atom. The SMILES string of the molecule is Cn1cc2c(n1)C(C)(C)N(c1nc(-c3c(O)cccc3F)c(Cl)c3c1C(=O)N1CCNC[C@@H]1CO3)C2. The number of halogens is 2. The van der Waals surface area contributed by atoms with Gasteiger partial charge in [-0.05, 0) is 26.0 Å². The van der Waals surface area contributed by atoms with Crippen LogP contribution in [0, 0.1) is 5.82 Å². The van der Waals surface area contributed by atoms with Gasteiger partial charge in [-0.2, -0.15) is 5.10 Å². The number of rotatable bonds is 2. The van der Waals surface area contributed by atoms with Crippen LogP contribution in [0.15, 0.2) is 24.4 Å². The van der Waals surface area contributed by atoms with Crippen molar-refractivity contribution in [1.29, 1.82) is 0 Å². The Bertz CT molecular complexity index is 1390. The minimum Gasteiger partial charge on any atom is -0.507 e. The fourth-order valence-corrected chi connectivity index (χ4v) is 5.76. The van der Waals surface area contributed by atoms with Crippen LogP contribution in [0.2, 0.25) is 5.02 Å². The monoisotopic (exact) mass is 512 g/mol. The molecule has 0 bridgehead atoms. The van der Waals surface area contributed by atoms with Crippen molar-refractivity contribution in [2.24, 2.45) is 7.05 Å². The van der Waals surface area contributed by atoms with Crippen LogP contribution in [0.3, 0.4) is 0 Å². The lowest BCUT2D eigenvalue weighted by atomic mass is 9.99. The van der Waals surface area contributed by atoms with Gasteiger partial charge in [0.15, 0.2) is 5.75 Å². The number of pyridine rings is 1. The Labute approximate surface area is 212 Å². The summed E-state index contributed by atoms with van der Waals surface area (Å²) in [5.41, 5.74) is 1.37. The number of hydrogen-bond acceptors (Lipinski definition) is 7. The average Bonchev–Trinajstić information content (AvgIpc) is 3.27. The summed E-state index contributed by atoms with van der Waals surface area (Å²) < 4.78 is 23.0. The normalized spacial score (nSPS) is 20.5. The summed E-state index contributed by atoms with van der Waals surface area (Å²) in [5.74, 6) is -0.739. The van der Waals surface area contributed by atoms with E-state index in [4.69, 9.17) is 21.3 Å². The third kappa shape index (κ3) is 3.27. The summed E-state index contributed by atoms with van der Waals surface area (Å²) in [6, 6.07) is 3.83. The zero-order chi connectivity index (χ0) is 25.4. The predicted molar refractivity (Wildman–Crippen MR) is 132 cm³/mol. The number of phenols is 1. The molecule has 188 valence electrons. The fraction of sp³-hybridized carbons (Fsp3) is 0.400. The van der Waals surface area contributed by atoms with Crippen LogP contribution >= 0.6 is 11.6 Å². The van der Waals surface area contributed by atoms with E-state index in [1.807, 2.05) is 32.0 Å². The zero-order valence-corrected chi connectivity index (χ0v) is 20.9. The zero-order valence-electron chi connectivity index (χ0n) is 20.2. The van der Waals surface area contributed by atoms with Crippen LogP contribution in [0.1, 0.15) is 35.5 Å². The highest BCUT2D eigenvalue weighted by atomic mass is 35.5. The van der Waals surface area contributed by atoms with Crippen molar-refractivity contribution in [2.45, 2.75) is 32.0 Å². The molecular formula is C25H26ClFN6O3. The minimum absolute atomic E-state index is 0.0104. The number of carbonyl (C=O) groups excluding carboxylic acids is 1. The van der Waals surface area contributed by atoms with Gasteiger partial charge in [0.1, 0.15) is 40.3 Å². The quantitative estimate of drug-likeness (QED) is 0.545. The maximum Gasteiger partial charge on any atom is 0.261 e. The van der Waals surface area contributed by atoms with Crippen molar-refractivity contribution in [3.8, 4) is 22.8 Å². The summed E-state index contributed by atoms with van der Waals surface area (Å²) in [6.45, 7) is 6.45. The number of aromatic nitrogens is 3. The molecule has 5 heterocycles. The van der Waals surface area contributed by atoms with Crippen molar-refractivity contribution in [3.63, 3.8) is 0 Å². The molecule has 0 aliphatic carbocycles. The molecule has 0 unspecified atom stereocenters. The van der Waals surface area contributed by atoms with Gasteiger partial charge in [-0.15, -0.1) is 0 Å². The smallest absolute Gasteiger partial charge is 0.261 e. The van der Waals surface area contributed by atoms with E-state index in [-0.39, 0.29) is 51.9 Å². The van der Waals surface area contributed by atoms with Gasteiger partial charge in [0, 0.05) is 45.0 Å². The number of phenolic OH excluding ortho intramolecular Hbond substituents is 1. The lowest BCUT2D eigenvalue weighted by molar-refractivity contribution is 0.0606. The Kier molecular flexibility index (Phi) is 5.17.